The number of nitrogens with zero attached hydrogens (tertiary/aromatic N) is 5. The summed E-state index contributed by atoms with van der Waals surface area (Å²) in [6.07, 6.45) is 3.44. The molecule has 84 valence electrons. The lowest BCUT2D eigenvalue weighted by Crippen LogP contribution is -2.09. The molecule has 1 aromatic carbocycles. The summed E-state index contributed by atoms with van der Waals surface area (Å²) in [5, 5.41) is 8.17. The average molecular weight is 226 g/mol. The molecule has 0 amide bonds. The van der Waals surface area contributed by atoms with Gasteiger partial charge in [-0.3, -0.25) is 4.57 Å². The second-order valence-corrected chi connectivity index (χ2v) is 3.52. The fraction of sp³-hybridized carbons (Fsp3) is 0.0909. The Labute approximate surface area is 97.1 Å². The minimum Gasteiger partial charge on any atom is -0.324 e. The van der Waals surface area contributed by atoms with Crippen molar-refractivity contribution < 1.29 is 0 Å². The summed E-state index contributed by atoms with van der Waals surface area (Å²) in [6, 6.07) is 7.59. The van der Waals surface area contributed by atoms with E-state index in [1.165, 1.54) is 0 Å². The quantitative estimate of drug-likeness (QED) is 0.694. The van der Waals surface area contributed by atoms with Crippen molar-refractivity contribution in [2.45, 2.75) is 6.54 Å². The number of imidazole rings is 1. The van der Waals surface area contributed by atoms with E-state index < -0.39 is 0 Å². The van der Waals surface area contributed by atoms with Crippen LogP contribution in [-0.4, -0.2) is 24.7 Å². The Hall–Kier alpha value is -2.34. The van der Waals surface area contributed by atoms with Gasteiger partial charge in [-0.2, -0.15) is 0 Å². The van der Waals surface area contributed by atoms with E-state index in [4.69, 9.17) is 5.73 Å². The van der Waals surface area contributed by atoms with Crippen molar-refractivity contribution in [2.24, 2.45) is 5.73 Å². The van der Waals surface area contributed by atoms with Crippen molar-refractivity contribution >= 4 is 11.0 Å². The molecule has 6 nitrogen and oxygen atoms in total. The van der Waals surface area contributed by atoms with E-state index in [1.54, 1.807) is 17.0 Å². The van der Waals surface area contributed by atoms with Crippen LogP contribution in [0.15, 0.2) is 36.7 Å². The van der Waals surface area contributed by atoms with Gasteiger partial charge in [0.15, 0.2) is 0 Å². The van der Waals surface area contributed by atoms with Crippen LogP contribution >= 0.6 is 0 Å². The molecule has 0 atom stereocenters. The van der Waals surface area contributed by atoms with Gasteiger partial charge < -0.3 is 5.73 Å². The van der Waals surface area contributed by atoms with Gasteiger partial charge in [0.25, 0.3) is 5.95 Å². The molecule has 0 bridgehead atoms. The lowest BCUT2D eigenvalue weighted by Gasteiger charge is -2.04. The molecule has 3 aromatic rings. The molecule has 17 heavy (non-hydrogen) atoms. The predicted molar refractivity (Wildman–Crippen MR) is 62.3 cm³/mol. The first-order chi connectivity index (χ1) is 8.38. The summed E-state index contributed by atoms with van der Waals surface area (Å²) >= 11 is 0. The molecular formula is C11H10N6. The van der Waals surface area contributed by atoms with Crippen molar-refractivity contribution in [3.8, 4) is 5.95 Å². The highest BCUT2D eigenvalue weighted by Gasteiger charge is 2.07. The average Bonchev–Trinajstić information content (AvgIpc) is 2.86. The summed E-state index contributed by atoms with van der Waals surface area (Å²) in [5.41, 5.74) is 7.16. The third-order valence-corrected chi connectivity index (χ3v) is 2.46. The van der Waals surface area contributed by atoms with Gasteiger partial charge in [0.05, 0.1) is 12.1 Å². The van der Waals surface area contributed by atoms with Gasteiger partial charge in [0.2, 0.25) is 0 Å². The number of rotatable bonds is 2. The monoisotopic (exact) mass is 226 g/mol. The number of nitrogens with two attached hydrogens (primary N) is 1. The van der Waals surface area contributed by atoms with Crippen molar-refractivity contribution in [2.75, 3.05) is 0 Å². The smallest absolute Gasteiger partial charge is 0.255 e. The molecule has 2 N–H and O–H groups in total. The van der Waals surface area contributed by atoms with Crippen molar-refractivity contribution in [3.05, 3.63) is 42.5 Å². The van der Waals surface area contributed by atoms with Crippen molar-refractivity contribution in [1.82, 2.24) is 24.7 Å². The van der Waals surface area contributed by atoms with E-state index in [9.17, 15) is 0 Å². The van der Waals surface area contributed by atoms with Gasteiger partial charge in [0, 0.05) is 12.4 Å². The molecule has 0 radical (unpaired) electrons. The van der Waals surface area contributed by atoms with Crippen LogP contribution in [0.5, 0.6) is 0 Å². The molecular weight excluding hydrogens is 216 g/mol. The lowest BCUT2D eigenvalue weighted by molar-refractivity contribution is 0.804. The molecule has 0 fully saturated rings. The molecule has 0 aliphatic carbocycles. The number of fused-ring (bicyclic) bond motifs is 1. The van der Waals surface area contributed by atoms with Crippen LogP contribution in [0.1, 0.15) is 5.82 Å². The fourth-order valence-corrected chi connectivity index (χ4v) is 1.64. The largest absolute Gasteiger partial charge is 0.324 e. The minimum atomic E-state index is 0.336. The van der Waals surface area contributed by atoms with Crippen LogP contribution in [0.3, 0.4) is 0 Å². The van der Waals surface area contributed by atoms with Gasteiger partial charge in [-0.25, -0.2) is 9.97 Å². The van der Waals surface area contributed by atoms with Gasteiger partial charge >= 0.3 is 0 Å². The van der Waals surface area contributed by atoms with Crippen LogP contribution in [0.25, 0.3) is 17.0 Å². The molecule has 0 aliphatic rings. The molecule has 3 rings (SSSR count). The number of hydrogen-bond acceptors (Lipinski definition) is 5. The van der Waals surface area contributed by atoms with Crippen LogP contribution in [0.2, 0.25) is 0 Å². The Balaban J connectivity index is 2.18. The first-order valence-corrected chi connectivity index (χ1v) is 5.20. The molecule has 6 heteroatoms. The standard InChI is InChI=1S/C11H10N6/c12-7-10-13-5-6-17(10)11-14-8-3-1-2-4-9(8)15-16-11/h1-6H,7,12H2. The van der Waals surface area contributed by atoms with Crippen LogP contribution in [0.4, 0.5) is 0 Å². The summed E-state index contributed by atoms with van der Waals surface area (Å²) in [6.45, 7) is 0.336. The zero-order valence-electron chi connectivity index (χ0n) is 8.98. The molecule has 2 aromatic heterocycles. The summed E-state index contributed by atoms with van der Waals surface area (Å²) in [5.74, 6) is 1.20. The maximum absolute atomic E-state index is 5.59. The molecule has 0 aliphatic heterocycles. The van der Waals surface area contributed by atoms with Crippen LogP contribution in [0, 0.1) is 0 Å². The Morgan fingerprint density at radius 2 is 1.94 bits per heavy atom. The second-order valence-electron chi connectivity index (χ2n) is 3.52. The van der Waals surface area contributed by atoms with Crippen LogP contribution in [-0.2, 0) is 6.54 Å². The van der Waals surface area contributed by atoms with E-state index in [0.717, 1.165) is 11.0 Å². The zero-order chi connectivity index (χ0) is 11.7. The van der Waals surface area contributed by atoms with Crippen LogP contribution < -0.4 is 5.73 Å². The van der Waals surface area contributed by atoms with Gasteiger partial charge in [-0.15, -0.1) is 10.2 Å². The fourth-order valence-electron chi connectivity index (χ4n) is 1.64. The maximum Gasteiger partial charge on any atom is 0.255 e. The Bertz CT molecular complexity index is 660. The molecule has 0 unspecified atom stereocenters. The third-order valence-electron chi connectivity index (χ3n) is 2.46. The minimum absolute atomic E-state index is 0.336. The molecule has 0 saturated heterocycles. The molecule has 2 heterocycles. The zero-order valence-corrected chi connectivity index (χ0v) is 8.98. The first-order valence-electron chi connectivity index (χ1n) is 5.20. The van der Waals surface area contributed by atoms with E-state index in [0.29, 0.717) is 18.3 Å². The van der Waals surface area contributed by atoms with E-state index in [1.807, 2.05) is 24.3 Å². The van der Waals surface area contributed by atoms with Gasteiger partial charge in [-0.05, 0) is 12.1 Å². The molecule has 0 spiro atoms. The summed E-state index contributed by atoms with van der Waals surface area (Å²) in [7, 11) is 0. The highest BCUT2D eigenvalue weighted by atomic mass is 15.3. The maximum atomic E-state index is 5.59. The summed E-state index contributed by atoms with van der Waals surface area (Å²) < 4.78 is 1.74. The molecule has 0 saturated carbocycles. The Morgan fingerprint density at radius 1 is 1.12 bits per heavy atom. The lowest BCUT2D eigenvalue weighted by atomic mass is 10.3. The highest BCUT2D eigenvalue weighted by Crippen LogP contribution is 2.10. The SMILES string of the molecule is NCc1nccn1-c1nnc2ccccc2n1. The Morgan fingerprint density at radius 3 is 2.76 bits per heavy atom. The summed E-state index contributed by atoms with van der Waals surface area (Å²) in [4.78, 5) is 8.54. The van der Waals surface area contributed by atoms with Gasteiger partial charge in [-0.1, -0.05) is 12.1 Å². The topological polar surface area (TPSA) is 82.5 Å². The number of benzene rings is 1. The number of aromatic nitrogens is 5. The predicted octanol–water partition coefficient (Wildman–Crippen LogP) is 0.669. The number of para-hydroxylation sites is 1. The first kappa shape index (κ1) is 9.86. The van der Waals surface area contributed by atoms with Crippen molar-refractivity contribution in [1.29, 1.82) is 0 Å². The van der Waals surface area contributed by atoms with E-state index in [-0.39, 0.29) is 0 Å². The van der Waals surface area contributed by atoms with Crippen molar-refractivity contribution in [3.63, 3.8) is 0 Å². The van der Waals surface area contributed by atoms with E-state index >= 15 is 0 Å². The second kappa shape index (κ2) is 3.91. The third kappa shape index (κ3) is 1.64. The highest BCUT2D eigenvalue weighted by molar-refractivity contribution is 5.73. The van der Waals surface area contributed by atoms with E-state index in [2.05, 4.69) is 20.2 Å². The van der Waals surface area contributed by atoms with Gasteiger partial charge in [0.1, 0.15) is 11.3 Å². The Kier molecular flexibility index (Phi) is 2.27. The normalized spacial score (nSPS) is 10.9. The number of hydrogen-bond donors (Lipinski definition) is 1.